The maximum Gasteiger partial charge on any atom is 0.258 e. The van der Waals surface area contributed by atoms with E-state index < -0.39 is 0 Å². The summed E-state index contributed by atoms with van der Waals surface area (Å²) in [6, 6.07) is 11.4. The highest BCUT2D eigenvalue weighted by molar-refractivity contribution is 5.78. The molecule has 27 heavy (non-hydrogen) atoms. The number of aryl methyl sites for hydroxylation is 1. The molecule has 0 saturated heterocycles. The molecule has 144 valence electrons. The molecule has 2 aromatic carbocycles. The molecule has 0 heterocycles. The van der Waals surface area contributed by atoms with Crippen LogP contribution in [0, 0.1) is 0 Å². The van der Waals surface area contributed by atoms with E-state index in [1.165, 1.54) is 24.0 Å². The molecule has 0 saturated carbocycles. The zero-order valence-corrected chi connectivity index (χ0v) is 16.2. The lowest BCUT2D eigenvalue weighted by atomic mass is 9.91. The second-order valence-electron chi connectivity index (χ2n) is 6.79. The molecule has 5 nitrogen and oxygen atoms in total. The SMILES string of the molecule is COc1ccc(OC)c([C@H](C)NC(=O)COc2cccc3c2CCCC3)c1. The maximum atomic E-state index is 12.4. The molecule has 0 aromatic heterocycles. The van der Waals surface area contributed by atoms with E-state index in [1.54, 1.807) is 14.2 Å². The zero-order valence-electron chi connectivity index (χ0n) is 16.2. The van der Waals surface area contributed by atoms with E-state index in [1.807, 2.05) is 37.3 Å². The number of methoxy groups -OCH3 is 2. The molecule has 0 fully saturated rings. The fraction of sp³-hybridized carbons (Fsp3) is 0.409. The zero-order chi connectivity index (χ0) is 19.2. The van der Waals surface area contributed by atoms with Crippen LogP contribution in [0.2, 0.25) is 0 Å². The Labute approximate surface area is 160 Å². The summed E-state index contributed by atoms with van der Waals surface area (Å²) in [5, 5.41) is 2.97. The van der Waals surface area contributed by atoms with Crippen molar-refractivity contribution in [3.05, 3.63) is 53.1 Å². The molecule has 0 radical (unpaired) electrons. The molecule has 0 aliphatic heterocycles. The van der Waals surface area contributed by atoms with Crippen LogP contribution in [0.1, 0.15) is 42.5 Å². The monoisotopic (exact) mass is 369 g/mol. The van der Waals surface area contributed by atoms with Crippen molar-refractivity contribution in [3.63, 3.8) is 0 Å². The third-order valence-corrected chi connectivity index (χ3v) is 4.99. The van der Waals surface area contributed by atoms with E-state index >= 15 is 0 Å². The largest absolute Gasteiger partial charge is 0.497 e. The van der Waals surface area contributed by atoms with Gasteiger partial charge in [0.1, 0.15) is 17.2 Å². The van der Waals surface area contributed by atoms with Crippen molar-refractivity contribution >= 4 is 5.91 Å². The minimum absolute atomic E-state index is 0.00687. The minimum Gasteiger partial charge on any atom is -0.497 e. The highest BCUT2D eigenvalue weighted by atomic mass is 16.5. The predicted octanol–water partition coefficient (Wildman–Crippen LogP) is 3.84. The highest BCUT2D eigenvalue weighted by Gasteiger charge is 2.17. The Morgan fingerprint density at radius 3 is 2.67 bits per heavy atom. The summed E-state index contributed by atoms with van der Waals surface area (Å²) in [5.41, 5.74) is 3.45. The molecule has 1 atom stereocenters. The molecule has 1 aliphatic rings. The van der Waals surface area contributed by atoms with Crippen LogP contribution in [-0.4, -0.2) is 26.7 Å². The summed E-state index contributed by atoms with van der Waals surface area (Å²) in [5.74, 6) is 2.09. The van der Waals surface area contributed by atoms with E-state index in [4.69, 9.17) is 14.2 Å². The van der Waals surface area contributed by atoms with Gasteiger partial charge in [0, 0.05) is 5.56 Å². The molecule has 3 rings (SSSR count). The third kappa shape index (κ3) is 4.54. The lowest BCUT2D eigenvalue weighted by molar-refractivity contribution is -0.123. The quantitative estimate of drug-likeness (QED) is 0.806. The van der Waals surface area contributed by atoms with Crippen molar-refractivity contribution in [2.75, 3.05) is 20.8 Å². The number of hydrogen-bond acceptors (Lipinski definition) is 4. The van der Waals surface area contributed by atoms with E-state index in [2.05, 4.69) is 11.4 Å². The maximum absolute atomic E-state index is 12.4. The van der Waals surface area contributed by atoms with Crippen molar-refractivity contribution in [3.8, 4) is 17.2 Å². The molecular formula is C22H27NO4. The number of rotatable bonds is 7. The van der Waals surface area contributed by atoms with Crippen LogP contribution in [0.5, 0.6) is 17.2 Å². The third-order valence-electron chi connectivity index (χ3n) is 4.99. The number of carbonyl (C=O) groups is 1. The Morgan fingerprint density at radius 2 is 1.89 bits per heavy atom. The first kappa shape index (κ1) is 19.1. The second-order valence-corrected chi connectivity index (χ2v) is 6.79. The lowest BCUT2D eigenvalue weighted by Gasteiger charge is -2.20. The standard InChI is InChI=1S/C22H27NO4/c1-15(19-13-17(25-2)11-12-20(19)26-3)23-22(24)14-27-21-10-6-8-16-7-4-5-9-18(16)21/h6,8,10-13,15H,4-5,7,9,14H2,1-3H3,(H,23,24)/t15-/m0/s1. The normalized spacial score (nSPS) is 14.0. The topological polar surface area (TPSA) is 56.8 Å². The van der Waals surface area contributed by atoms with E-state index in [0.717, 1.165) is 29.9 Å². The summed E-state index contributed by atoms with van der Waals surface area (Å²) in [4.78, 5) is 12.4. The summed E-state index contributed by atoms with van der Waals surface area (Å²) in [6.45, 7) is 1.91. The van der Waals surface area contributed by atoms with E-state index in [9.17, 15) is 4.79 Å². The number of amides is 1. The van der Waals surface area contributed by atoms with Gasteiger partial charge in [-0.1, -0.05) is 12.1 Å². The van der Waals surface area contributed by atoms with Gasteiger partial charge in [-0.15, -0.1) is 0 Å². The summed E-state index contributed by atoms with van der Waals surface area (Å²) < 4.78 is 16.5. The Balaban J connectivity index is 1.63. The van der Waals surface area contributed by atoms with Gasteiger partial charge in [0.15, 0.2) is 6.61 Å². The first-order valence-corrected chi connectivity index (χ1v) is 9.37. The molecule has 2 aromatic rings. The van der Waals surface area contributed by atoms with Crippen molar-refractivity contribution < 1.29 is 19.0 Å². The molecule has 5 heteroatoms. The number of benzene rings is 2. The molecule has 0 bridgehead atoms. The number of hydrogen-bond donors (Lipinski definition) is 1. The lowest BCUT2D eigenvalue weighted by Crippen LogP contribution is -2.31. The van der Waals surface area contributed by atoms with Crippen LogP contribution in [0.25, 0.3) is 0 Å². The van der Waals surface area contributed by atoms with Gasteiger partial charge < -0.3 is 19.5 Å². The number of fused-ring (bicyclic) bond motifs is 1. The van der Waals surface area contributed by atoms with Crippen LogP contribution in [0.4, 0.5) is 0 Å². The van der Waals surface area contributed by atoms with E-state index in [0.29, 0.717) is 5.75 Å². The van der Waals surface area contributed by atoms with Crippen molar-refractivity contribution in [1.82, 2.24) is 5.32 Å². The molecule has 1 amide bonds. The second kappa shape index (κ2) is 8.80. The predicted molar refractivity (Wildman–Crippen MR) is 105 cm³/mol. The van der Waals surface area contributed by atoms with Gasteiger partial charge in [0.25, 0.3) is 5.91 Å². The van der Waals surface area contributed by atoms with Gasteiger partial charge in [-0.25, -0.2) is 0 Å². The number of ether oxygens (including phenoxy) is 3. The van der Waals surface area contributed by atoms with Crippen molar-refractivity contribution in [1.29, 1.82) is 0 Å². The summed E-state index contributed by atoms with van der Waals surface area (Å²) in [7, 11) is 3.23. The van der Waals surface area contributed by atoms with Crippen LogP contribution in [0.3, 0.4) is 0 Å². The average molecular weight is 369 g/mol. The van der Waals surface area contributed by atoms with Gasteiger partial charge in [-0.05, 0) is 68.0 Å². The Kier molecular flexibility index (Phi) is 6.22. The van der Waals surface area contributed by atoms with Crippen LogP contribution in [-0.2, 0) is 17.6 Å². The average Bonchev–Trinajstić information content (AvgIpc) is 2.71. The van der Waals surface area contributed by atoms with Crippen LogP contribution in [0.15, 0.2) is 36.4 Å². The molecule has 1 N–H and O–H groups in total. The Morgan fingerprint density at radius 1 is 1.07 bits per heavy atom. The first-order chi connectivity index (χ1) is 13.1. The van der Waals surface area contributed by atoms with Gasteiger partial charge in [-0.3, -0.25) is 4.79 Å². The van der Waals surface area contributed by atoms with Crippen molar-refractivity contribution in [2.24, 2.45) is 0 Å². The summed E-state index contributed by atoms with van der Waals surface area (Å²) >= 11 is 0. The van der Waals surface area contributed by atoms with Gasteiger partial charge in [-0.2, -0.15) is 0 Å². The molecular weight excluding hydrogens is 342 g/mol. The van der Waals surface area contributed by atoms with Gasteiger partial charge in [0.05, 0.1) is 20.3 Å². The molecule has 0 spiro atoms. The molecule has 0 unspecified atom stereocenters. The van der Waals surface area contributed by atoms with Crippen molar-refractivity contribution in [2.45, 2.75) is 38.6 Å². The summed E-state index contributed by atoms with van der Waals surface area (Å²) in [6.07, 6.45) is 4.50. The fourth-order valence-corrected chi connectivity index (χ4v) is 3.56. The molecule has 1 aliphatic carbocycles. The minimum atomic E-state index is -0.226. The van der Waals surface area contributed by atoms with Crippen LogP contribution < -0.4 is 19.5 Å². The van der Waals surface area contributed by atoms with Gasteiger partial charge >= 0.3 is 0 Å². The Hall–Kier alpha value is -2.69. The van der Waals surface area contributed by atoms with Gasteiger partial charge in [0.2, 0.25) is 0 Å². The van der Waals surface area contributed by atoms with Crippen LogP contribution >= 0.6 is 0 Å². The fourth-order valence-electron chi connectivity index (χ4n) is 3.56. The smallest absolute Gasteiger partial charge is 0.258 e. The number of carbonyl (C=O) groups excluding carboxylic acids is 1. The number of nitrogens with one attached hydrogen (secondary N) is 1. The highest BCUT2D eigenvalue weighted by Crippen LogP contribution is 2.30. The first-order valence-electron chi connectivity index (χ1n) is 9.37. The Bertz CT molecular complexity index is 803. The van der Waals surface area contributed by atoms with E-state index in [-0.39, 0.29) is 18.6 Å².